The summed E-state index contributed by atoms with van der Waals surface area (Å²) in [4.78, 5) is 23.7. The first-order chi connectivity index (χ1) is 8.54. The van der Waals surface area contributed by atoms with E-state index in [2.05, 4.69) is 15.5 Å². The van der Waals surface area contributed by atoms with Gasteiger partial charge < -0.3 is 15.3 Å². The number of hydrogen-bond donors (Lipinski definition) is 3. The summed E-state index contributed by atoms with van der Waals surface area (Å²) in [5, 5.41) is 18.0. The smallest absolute Gasteiger partial charge is 0.323 e. The number of rotatable bonds is 6. The first-order valence-corrected chi connectivity index (χ1v) is 5.78. The van der Waals surface area contributed by atoms with Gasteiger partial charge in [-0.2, -0.15) is 5.10 Å². The lowest BCUT2D eigenvalue weighted by Gasteiger charge is -2.20. The Labute approximate surface area is 105 Å². The number of aromatic nitrogens is 2. The van der Waals surface area contributed by atoms with Gasteiger partial charge in [0.05, 0.1) is 6.20 Å². The normalized spacial score (nSPS) is 10.1. The van der Waals surface area contributed by atoms with E-state index in [1.807, 2.05) is 13.8 Å². The van der Waals surface area contributed by atoms with Gasteiger partial charge >= 0.3 is 12.0 Å². The van der Waals surface area contributed by atoms with Gasteiger partial charge in [0.2, 0.25) is 0 Å². The second kappa shape index (κ2) is 6.63. The number of aliphatic carboxylic acids is 1. The van der Waals surface area contributed by atoms with Crippen LogP contribution in [0, 0.1) is 6.92 Å². The number of amides is 2. The van der Waals surface area contributed by atoms with Crippen LogP contribution in [-0.4, -0.2) is 45.3 Å². The molecule has 0 fully saturated rings. The van der Waals surface area contributed by atoms with E-state index in [9.17, 15) is 9.59 Å². The molecule has 1 aromatic heterocycles. The van der Waals surface area contributed by atoms with Gasteiger partial charge in [-0.3, -0.25) is 9.89 Å². The number of carbonyl (C=O) groups excluding carboxylic acids is 1. The highest BCUT2D eigenvalue weighted by molar-refractivity contribution is 5.80. The molecule has 0 atom stereocenters. The van der Waals surface area contributed by atoms with E-state index in [-0.39, 0.29) is 12.6 Å². The molecular weight excluding hydrogens is 236 g/mol. The maximum atomic E-state index is 11.8. The second-order valence-corrected chi connectivity index (χ2v) is 3.99. The minimum atomic E-state index is -1.02. The molecule has 1 rings (SSSR count). The van der Waals surface area contributed by atoms with Crippen molar-refractivity contribution in [1.29, 1.82) is 0 Å². The Balaban J connectivity index is 2.51. The Hall–Kier alpha value is -2.05. The van der Waals surface area contributed by atoms with E-state index < -0.39 is 5.97 Å². The number of carboxylic acid groups (broad SMARTS) is 1. The van der Waals surface area contributed by atoms with Gasteiger partial charge in [0, 0.05) is 24.3 Å². The maximum Gasteiger partial charge on any atom is 0.323 e. The van der Waals surface area contributed by atoms with Crippen LogP contribution in [0.4, 0.5) is 4.79 Å². The third-order valence-electron chi connectivity index (χ3n) is 2.47. The van der Waals surface area contributed by atoms with Crippen LogP contribution in [0.15, 0.2) is 6.20 Å². The van der Waals surface area contributed by atoms with E-state index in [1.54, 1.807) is 6.20 Å². The number of aryl methyl sites for hydroxylation is 1. The van der Waals surface area contributed by atoms with Crippen molar-refractivity contribution in [3.8, 4) is 0 Å². The number of nitrogens with one attached hydrogen (secondary N) is 2. The molecule has 0 saturated heterocycles. The molecule has 2 amide bonds. The molecule has 7 nitrogen and oxygen atoms in total. The van der Waals surface area contributed by atoms with Crippen LogP contribution in [-0.2, 0) is 11.3 Å². The van der Waals surface area contributed by atoms with Crippen molar-refractivity contribution in [2.75, 3.05) is 13.1 Å². The molecule has 0 aliphatic carbocycles. The molecule has 0 spiro atoms. The number of carboxylic acids is 1. The highest BCUT2D eigenvalue weighted by Gasteiger charge is 2.15. The van der Waals surface area contributed by atoms with Gasteiger partial charge in [0.15, 0.2) is 0 Å². The summed E-state index contributed by atoms with van der Waals surface area (Å²) in [6, 6.07) is -0.375. The lowest BCUT2D eigenvalue weighted by atomic mass is 10.3. The molecule has 0 aromatic carbocycles. The molecule has 100 valence electrons. The molecule has 0 saturated carbocycles. The van der Waals surface area contributed by atoms with Crippen LogP contribution >= 0.6 is 0 Å². The molecule has 0 bridgehead atoms. The van der Waals surface area contributed by atoms with Crippen LogP contribution in [0.25, 0.3) is 0 Å². The largest absolute Gasteiger partial charge is 0.480 e. The SMILES string of the molecule is CCCN(CC(=O)O)C(=O)NCc1cn[nH]c1C. The van der Waals surface area contributed by atoms with Gasteiger partial charge in [-0.25, -0.2) is 4.79 Å². The van der Waals surface area contributed by atoms with Crippen LogP contribution in [0.3, 0.4) is 0 Å². The van der Waals surface area contributed by atoms with Gasteiger partial charge in [-0.05, 0) is 13.3 Å². The molecule has 1 aromatic rings. The standard InChI is InChI=1S/C11H18N4O3/c1-3-4-15(7-10(16)17)11(18)12-5-9-6-13-14-8(9)2/h6H,3-5,7H2,1-2H3,(H,12,18)(H,13,14)(H,16,17). The van der Waals surface area contributed by atoms with Crippen molar-refractivity contribution in [3.05, 3.63) is 17.5 Å². The molecule has 0 unspecified atom stereocenters. The minimum absolute atomic E-state index is 0.288. The fraction of sp³-hybridized carbons (Fsp3) is 0.545. The summed E-state index contributed by atoms with van der Waals surface area (Å²) in [7, 11) is 0. The first-order valence-electron chi connectivity index (χ1n) is 5.78. The summed E-state index contributed by atoms with van der Waals surface area (Å²) >= 11 is 0. The minimum Gasteiger partial charge on any atom is -0.480 e. The van der Waals surface area contributed by atoms with Crippen LogP contribution in [0.5, 0.6) is 0 Å². The number of nitrogens with zero attached hydrogens (tertiary/aromatic N) is 2. The molecule has 18 heavy (non-hydrogen) atoms. The Morgan fingerprint density at radius 3 is 2.78 bits per heavy atom. The zero-order chi connectivity index (χ0) is 13.5. The van der Waals surface area contributed by atoms with Crippen molar-refractivity contribution >= 4 is 12.0 Å². The topological polar surface area (TPSA) is 98.3 Å². The molecule has 7 heteroatoms. The van der Waals surface area contributed by atoms with Crippen molar-refractivity contribution in [1.82, 2.24) is 20.4 Å². The van der Waals surface area contributed by atoms with E-state index in [1.165, 1.54) is 4.90 Å². The molecule has 0 aliphatic heterocycles. The fourth-order valence-electron chi connectivity index (χ4n) is 1.52. The Kier molecular flexibility index (Phi) is 5.16. The lowest BCUT2D eigenvalue weighted by Crippen LogP contribution is -2.42. The Morgan fingerprint density at radius 2 is 2.28 bits per heavy atom. The van der Waals surface area contributed by atoms with Gasteiger partial charge in [0.1, 0.15) is 6.54 Å². The predicted molar refractivity (Wildman–Crippen MR) is 65.1 cm³/mol. The summed E-state index contributed by atoms with van der Waals surface area (Å²) in [5.74, 6) is -1.02. The van der Waals surface area contributed by atoms with Crippen LogP contribution in [0.2, 0.25) is 0 Å². The molecule has 0 radical (unpaired) electrons. The van der Waals surface area contributed by atoms with E-state index in [4.69, 9.17) is 5.11 Å². The highest BCUT2D eigenvalue weighted by atomic mass is 16.4. The number of urea groups is 1. The van der Waals surface area contributed by atoms with Gasteiger partial charge in [-0.15, -0.1) is 0 Å². The molecule has 3 N–H and O–H groups in total. The van der Waals surface area contributed by atoms with Crippen molar-refractivity contribution in [2.45, 2.75) is 26.8 Å². The third-order valence-corrected chi connectivity index (χ3v) is 2.47. The van der Waals surface area contributed by atoms with Crippen molar-refractivity contribution in [2.24, 2.45) is 0 Å². The Bertz CT molecular complexity index is 416. The van der Waals surface area contributed by atoms with E-state index >= 15 is 0 Å². The van der Waals surface area contributed by atoms with Gasteiger partial charge in [-0.1, -0.05) is 6.92 Å². The van der Waals surface area contributed by atoms with Crippen LogP contribution < -0.4 is 5.32 Å². The third kappa shape index (κ3) is 4.08. The average Bonchev–Trinajstić information content (AvgIpc) is 2.70. The summed E-state index contributed by atoms with van der Waals surface area (Å²) in [5.41, 5.74) is 1.77. The quantitative estimate of drug-likeness (QED) is 0.696. The zero-order valence-corrected chi connectivity index (χ0v) is 10.6. The number of H-pyrrole nitrogens is 1. The summed E-state index contributed by atoms with van der Waals surface area (Å²) < 4.78 is 0. The highest BCUT2D eigenvalue weighted by Crippen LogP contribution is 2.02. The molecule has 0 aliphatic rings. The first kappa shape index (κ1) is 14.0. The Morgan fingerprint density at radius 1 is 1.56 bits per heavy atom. The number of hydrogen-bond acceptors (Lipinski definition) is 3. The maximum absolute atomic E-state index is 11.8. The number of aromatic amines is 1. The summed E-state index contributed by atoms with van der Waals surface area (Å²) in [6.07, 6.45) is 2.35. The van der Waals surface area contributed by atoms with Gasteiger partial charge in [0.25, 0.3) is 0 Å². The van der Waals surface area contributed by atoms with Crippen molar-refractivity contribution in [3.63, 3.8) is 0 Å². The second-order valence-electron chi connectivity index (χ2n) is 3.99. The monoisotopic (exact) mass is 254 g/mol. The molecular formula is C11H18N4O3. The average molecular weight is 254 g/mol. The fourth-order valence-corrected chi connectivity index (χ4v) is 1.52. The predicted octanol–water partition coefficient (Wildman–Crippen LogP) is 0.724. The lowest BCUT2D eigenvalue weighted by molar-refractivity contribution is -0.137. The van der Waals surface area contributed by atoms with Crippen molar-refractivity contribution < 1.29 is 14.7 Å². The zero-order valence-electron chi connectivity index (χ0n) is 10.6. The molecule has 1 heterocycles. The summed E-state index contributed by atoms with van der Waals surface area (Å²) in [6.45, 7) is 4.21. The number of carbonyl (C=O) groups is 2. The van der Waals surface area contributed by atoms with E-state index in [0.717, 1.165) is 11.3 Å². The van der Waals surface area contributed by atoms with E-state index in [0.29, 0.717) is 19.5 Å². The van der Waals surface area contributed by atoms with Crippen LogP contribution in [0.1, 0.15) is 24.6 Å².